The SMILES string of the molecule is CCOC(=O)C(CC)NCC(O)(CC)CC. The number of nitrogens with one attached hydrogen (secondary N) is 1. The molecule has 16 heavy (non-hydrogen) atoms. The average molecular weight is 231 g/mol. The van der Waals surface area contributed by atoms with E-state index in [1.807, 2.05) is 20.8 Å². The fraction of sp³-hybridized carbons (Fsp3) is 0.917. The Morgan fingerprint density at radius 2 is 1.88 bits per heavy atom. The van der Waals surface area contributed by atoms with Crippen molar-refractivity contribution in [2.24, 2.45) is 0 Å². The maximum absolute atomic E-state index is 11.5. The van der Waals surface area contributed by atoms with Crippen LogP contribution in [0.2, 0.25) is 0 Å². The highest BCUT2D eigenvalue weighted by Crippen LogP contribution is 2.13. The summed E-state index contributed by atoms with van der Waals surface area (Å²) in [5.41, 5.74) is -0.722. The summed E-state index contributed by atoms with van der Waals surface area (Å²) in [7, 11) is 0. The van der Waals surface area contributed by atoms with Crippen LogP contribution in [0.4, 0.5) is 0 Å². The molecular formula is C12H25NO3. The number of carbonyl (C=O) groups excluding carboxylic acids is 1. The summed E-state index contributed by atoms with van der Waals surface area (Å²) in [5.74, 6) is -0.237. The van der Waals surface area contributed by atoms with Gasteiger partial charge in [-0.15, -0.1) is 0 Å². The van der Waals surface area contributed by atoms with E-state index in [2.05, 4.69) is 5.32 Å². The molecule has 0 amide bonds. The monoisotopic (exact) mass is 231 g/mol. The van der Waals surface area contributed by atoms with E-state index < -0.39 is 5.60 Å². The Bertz CT molecular complexity index is 202. The molecule has 0 saturated carbocycles. The predicted molar refractivity (Wildman–Crippen MR) is 64.2 cm³/mol. The second-order valence-corrected chi connectivity index (χ2v) is 4.03. The van der Waals surface area contributed by atoms with E-state index in [0.29, 0.717) is 32.4 Å². The van der Waals surface area contributed by atoms with Gasteiger partial charge in [-0.3, -0.25) is 4.79 Å². The first-order chi connectivity index (χ1) is 7.52. The molecule has 2 N–H and O–H groups in total. The lowest BCUT2D eigenvalue weighted by Crippen LogP contribution is -2.47. The summed E-state index contributed by atoms with van der Waals surface area (Å²) in [6.45, 7) is 8.41. The summed E-state index contributed by atoms with van der Waals surface area (Å²) in [4.78, 5) is 11.5. The molecule has 0 aliphatic heterocycles. The van der Waals surface area contributed by atoms with Crippen LogP contribution in [0.25, 0.3) is 0 Å². The highest BCUT2D eigenvalue weighted by molar-refractivity contribution is 5.75. The Hall–Kier alpha value is -0.610. The second kappa shape index (κ2) is 7.63. The first-order valence-electron chi connectivity index (χ1n) is 6.15. The summed E-state index contributed by atoms with van der Waals surface area (Å²) in [5, 5.41) is 13.1. The standard InChI is InChI=1S/C12H25NO3/c1-5-10(11(14)16-8-4)13-9-12(15,6-2)7-3/h10,13,15H,5-9H2,1-4H3. The zero-order chi connectivity index (χ0) is 12.6. The van der Waals surface area contributed by atoms with Crippen LogP contribution in [-0.2, 0) is 9.53 Å². The lowest BCUT2D eigenvalue weighted by atomic mass is 9.97. The molecule has 4 nitrogen and oxygen atoms in total. The fourth-order valence-electron chi connectivity index (χ4n) is 1.45. The van der Waals surface area contributed by atoms with Crippen molar-refractivity contribution >= 4 is 5.97 Å². The lowest BCUT2D eigenvalue weighted by molar-refractivity contribution is -0.146. The van der Waals surface area contributed by atoms with Crippen LogP contribution in [0.15, 0.2) is 0 Å². The molecule has 4 heteroatoms. The van der Waals surface area contributed by atoms with Gasteiger partial charge in [0.2, 0.25) is 0 Å². The molecule has 0 spiro atoms. The van der Waals surface area contributed by atoms with Crippen molar-refractivity contribution in [2.75, 3.05) is 13.2 Å². The van der Waals surface area contributed by atoms with Gasteiger partial charge in [0.15, 0.2) is 0 Å². The molecule has 0 heterocycles. The molecule has 0 rings (SSSR count). The van der Waals surface area contributed by atoms with Crippen molar-refractivity contribution in [3.8, 4) is 0 Å². The Kier molecular flexibility index (Phi) is 7.34. The van der Waals surface area contributed by atoms with Crippen molar-refractivity contribution in [3.05, 3.63) is 0 Å². The van der Waals surface area contributed by atoms with Crippen molar-refractivity contribution < 1.29 is 14.6 Å². The van der Waals surface area contributed by atoms with Gasteiger partial charge in [0, 0.05) is 6.54 Å². The van der Waals surface area contributed by atoms with E-state index in [1.54, 1.807) is 6.92 Å². The van der Waals surface area contributed by atoms with Gasteiger partial charge in [0.25, 0.3) is 0 Å². The van der Waals surface area contributed by atoms with E-state index in [9.17, 15) is 9.90 Å². The predicted octanol–water partition coefficient (Wildman–Crippen LogP) is 1.47. The van der Waals surface area contributed by atoms with Crippen LogP contribution in [0.5, 0.6) is 0 Å². The van der Waals surface area contributed by atoms with Gasteiger partial charge in [-0.2, -0.15) is 0 Å². The van der Waals surface area contributed by atoms with Gasteiger partial charge in [0.1, 0.15) is 6.04 Å². The number of ether oxygens (including phenoxy) is 1. The minimum atomic E-state index is -0.722. The first kappa shape index (κ1) is 15.4. The van der Waals surface area contributed by atoms with E-state index in [0.717, 1.165) is 0 Å². The zero-order valence-electron chi connectivity index (χ0n) is 10.9. The van der Waals surface area contributed by atoms with Crippen LogP contribution in [0.1, 0.15) is 47.0 Å². The smallest absolute Gasteiger partial charge is 0.323 e. The summed E-state index contributed by atoms with van der Waals surface area (Å²) < 4.78 is 4.94. The van der Waals surface area contributed by atoms with Crippen LogP contribution in [0.3, 0.4) is 0 Å². The summed E-state index contributed by atoms with van der Waals surface area (Å²) >= 11 is 0. The minimum absolute atomic E-state index is 0.237. The third-order valence-electron chi connectivity index (χ3n) is 2.97. The Morgan fingerprint density at radius 1 is 1.31 bits per heavy atom. The number of rotatable bonds is 8. The van der Waals surface area contributed by atoms with Crippen LogP contribution < -0.4 is 5.32 Å². The van der Waals surface area contributed by atoms with Gasteiger partial charge in [-0.25, -0.2) is 0 Å². The van der Waals surface area contributed by atoms with Crippen molar-refractivity contribution in [1.29, 1.82) is 0 Å². The molecule has 0 fully saturated rings. The molecule has 0 saturated heterocycles. The van der Waals surface area contributed by atoms with E-state index in [-0.39, 0.29) is 12.0 Å². The van der Waals surface area contributed by atoms with Crippen molar-refractivity contribution in [2.45, 2.75) is 58.6 Å². The number of carbonyl (C=O) groups is 1. The molecule has 0 aromatic carbocycles. The number of hydrogen-bond donors (Lipinski definition) is 2. The molecule has 96 valence electrons. The minimum Gasteiger partial charge on any atom is -0.465 e. The topological polar surface area (TPSA) is 58.6 Å². The maximum atomic E-state index is 11.5. The van der Waals surface area contributed by atoms with Crippen LogP contribution >= 0.6 is 0 Å². The fourth-order valence-corrected chi connectivity index (χ4v) is 1.45. The van der Waals surface area contributed by atoms with Gasteiger partial charge in [-0.05, 0) is 26.2 Å². The summed E-state index contributed by atoms with van der Waals surface area (Å²) in [6, 6.07) is -0.315. The lowest BCUT2D eigenvalue weighted by Gasteiger charge is -2.27. The van der Waals surface area contributed by atoms with Gasteiger partial charge >= 0.3 is 5.97 Å². The molecule has 0 radical (unpaired) electrons. The Labute approximate surface area is 98.4 Å². The van der Waals surface area contributed by atoms with E-state index >= 15 is 0 Å². The molecular weight excluding hydrogens is 206 g/mol. The molecule has 1 unspecified atom stereocenters. The quantitative estimate of drug-likeness (QED) is 0.621. The molecule has 0 aliphatic rings. The number of aliphatic hydroxyl groups is 1. The van der Waals surface area contributed by atoms with Gasteiger partial charge < -0.3 is 15.2 Å². The van der Waals surface area contributed by atoms with Crippen molar-refractivity contribution in [3.63, 3.8) is 0 Å². The third kappa shape index (κ3) is 4.94. The normalized spacial score (nSPS) is 13.6. The second-order valence-electron chi connectivity index (χ2n) is 4.03. The highest BCUT2D eigenvalue weighted by atomic mass is 16.5. The molecule has 0 aromatic rings. The Morgan fingerprint density at radius 3 is 2.25 bits per heavy atom. The van der Waals surface area contributed by atoms with Gasteiger partial charge in [-0.1, -0.05) is 20.8 Å². The molecule has 1 atom stereocenters. The summed E-state index contributed by atoms with van der Waals surface area (Å²) in [6.07, 6.45) is 2.02. The van der Waals surface area contributed by atoms with Crippen LogP contribution in [0, 0.1) is 0 Å². The van der Waals surface area contributed by atoms with Gasteiger partial charge in [0.05, 0.1) is 12.2 Å². The largest absolute Gasteiger partial charge is 0.465 e. The third-order valence-corrected chi connectivity index (χ3v) is 2.97. The molecule has 0 aromatic heterocycles. The molecule has 0 aliphatic carbocycles. The van der Waals surface area contributed by atoms with E-state index in [4.69, 9.17) is 4.74 Å². The Balaban J connectivity index is 4.18. The molecule has 0 bridgehead atoms. The van der Waals surface area contributed by atoms with E-state index in [1.165, 1.54) is 0 Å². The number of hydrogen-bond acceptors (Lipinski definition) is 4. The maximum Gasteiger partial charge on any atom is 0.323 e. The number of esters is 1. The zero-order valence-corrected chi connectivity index (χ0v) is 10.9. The first-order valence-corrected chi connectivity index (χ1v) is 6.15. The highest BCUT2D eigenvalue weighted by Gasteiger charge is 2.25. The average Bonchev–Trinajstić information content (AvgIpc) is 2.30. The van der Waals surface area contributed by atoms with Crippen LogP contribution in [-0.4, -0.2) is 35.9 Å². The van der Waals surface area contributed by atoms with Crippen molar-refractivity contribution in [1.82, 2.24) is 5.32 Å².